The lowest BCUT2D eigenvalue weighted by molar-refractivity contribution is 0.669. The van der Waals surface area contributed by atoms with Gasteiger partial charge in [-0.15, -0.1) is 0 Å². The van der Waals surface area contributed by atoms with Gasteiger partial charge in [-0.25, -0.2) is 15.0 Å². The van der Waals surface area contributed by atoms with Crippen LogP contribution in [0.4, 0.5) is 0 Å². The summed E-state index contributed by atoms with van der Waals surface area (Å²) in [5.74, 6) is 1.81. The summed E-state index contributed by atoms with van der Waals surface area (Å²) < 4.78 is 7.22. The van der Waals surface area contributed by atoms with Gasteiger partial charge < -0.3 is 4.42 Å². The average Bonchev–Trinajstić information content (AvgIpc) is 3.47. The summed E-state index contributed by atoms with van der Waals surface area (Å²) in [6, 6.07) is 49.5. The van der Waals surface area contributed by atoms with Crippen LogP contribution in [0.15, 0.2) is 154 Å². The molecule has 8 aromatic rings. The molecule has 0 unspecified atom stereocenters. The zero-order chi connectivity index (χ0) is 29.5. The number of fused-ring (bicyclic) bond motifs is 3. The second-order valence-corrected chi connectivity index (χ2v) is 11.5. The van der Waals surface area contributed by atoms with Crippen molar-refractivity contribution < 1.29 is 4.42 Å². The molecule has 2 aromatic heterocycles. The summed E-state index contributed by atoms with van der Waals surface area (Å²) >= 11 is 3.64. The first-order valence-electron chi connectivity index (χ1n) is 14.4. The minimum Gasteiger partial charge on any atom is -0.456 e. The molecule has 0 N–H and O–H groups in total. The maximum absolute atomic E-state index is 6.24. The first-order chi connectivity index (χ1) is 21.7. The van der Waals surface area contributed by atoms with Crippen LogP contribution in [0.25, 0.3) is 78.4 Å². The topological polar surface area (TPSA) is 51.8 Å². The fourth-order valence-corrected chi connectivity index (χ4v) is 6.04. The standard InChI is InChI=1S/C39H24BrN3O/c40-31-20-21-34-33(24-31)36-32(18-9-19-35(36)44-34)39-42-37(29-16-7-14-27(22-29)25-10-3-1-4-11-25)41-38(43-39)30-17-8-15-28(23-30)26-12-5-2-6-13-26/h1-24H. The average molecular weight is 631 g/mol. The van der Waals surface area contributed by atoms with Crippen LogP contribution in [0.2, 0.25) is 0 Å². The minimum absolute atomic E-state index is 0.591. The third kappa shape index (κ3) is 4.87. The number of aromatic nitrogens is 3. The van der Waals surface area contributed by atoms with E-state index in [2.05, 4.69) is 125 Å². The Hall–Kier alpha value is -5.39. The highest BCUT2D eigenvalue weighted by Gasteiger charge is 2.18. The first kappa shape index (κ1) is 26.3. The van der Waals surface area contributed by atoms with Crippen LogP contribution in [0, 0.1) is 0 Å². The van der Waals surface area contributed by atoms with Crippen molar-refractivity contribution in [2.45, 2.75) is 0 Å². The highest BCUT2D eigenvalue weighted by atomic mass is 79.9. The van der Waals surface area contributed by atoms with Gasteiger partial charge >= 0.3 is 0 Å². The maximum Gasteiger partial charge on any atom is 0.164 e. The molecule has 0 radical (unpaired) electrons. The van der Waals surface area contributed by atoms with Gasteiger partial charge in [0.1, 0.15) is 11.2 Å². The van der Waals surface area contributed by atoms with Gasteiger partial charge in [-0.2, -0.15) is 0 Å². The summed E-state index contributed by atoms with van der Waals surface area (Å²) in [5.41, 5.74) is 8.82. The summed E-state index contributed by atoms with van der Waals surface area (Å²) in [6.07, 6.45) is 0. The third-order valence-corrected chi connectivity index (χ3v) is 8.28. The highest BCUT2D eigenvalue weighted by molar-refractivity contribution is 9.10. The van der Waals surface area contributed by atoms with Gasteiger partial charge in [-0.05, 0) is 58.7 Å². The van der Waals surface area contributed by atoms with E-state index in [-0.39, 0.29) is 0 Å². The van der Waals surface area contributed by atoms with E-state index in [0.717, 1.165) is 65.4 Å². The monoisotopic (exact) mass is 629 g/mol. The predicted molar refractivity (Wildman–Crippen MR) is 182 cm³/mol. The third-order valence-electron chi connectivity index (χ3n) is 7.79. The second kappa shape index (κ2) is 11.0. The summed E-state index contributed by atoms with van der Waals surface area (Å²) in [7, 11) is 0. The largest absolute Gasteiger partial charge is 0.456 e. The van der Waals surface area contributed by atoms with Gasteiger partial charge in [0.05, 0.1) is 0 Å². The lowest BCUT2D eigenvalue weighted by Gasteiger charge is -2.11. The molecule has 0 saturated carbocycles. The second-order valence-electron chi connectivity index (χ2n) is 10.6. The highest BCUT2D eigenvalue weighted by Crippen LogP contribution is 2.38. The molecule has 8 rings (SSSR count). The summed E-state index contributed by atoms with van der Waals surface area (Å²) in [5, 5.41) is 1.98. The van der Waals surface area contributed by atoms with Crippen LogP contribution in [0.5, 0.6) is 0 Å². The molecule has 0 atom stereocenters. The first-order valence-corrected chi connectivity index (χ1v) is 15.2. The molecular formula is C39H24BrN3O. The molecule has 0 amide bonds. The van der Waals surface area contributed by atoms with Crippen molar-refractivity contribution in [3.63, 3.8) is 0 Å². The minimum atomic E-state index is 0.591. The molecule has 208 valence electrons. The number of hydrogen-bond acceptors (Lipinski definition) is 4. The summed E-state index contributed by atoms with van der Waals surface area (Å²) in [4.78, 5) is 15.3. The van der Waals surface area contributed by atoms with E-state index in [1.165, 1.54) is 0 Å². The van der Waals surface area contributed by atoms with Gasteiger partial charge in [-0.3, -0.25) is 0 Å². The molecule has 0 aliphatic carbocycles. The van der Waals surface area contributed by atoms with Crippen LogP contribution in [-0.2, 0) is 0 Å². The molecule has 0 fully saturated rings. The number of benzene rings is 6. The quantitative estimate of drug-likeness (QED) is 0.190. The van der Waals surface area contributed by atoms with E-state index in [4.69, 9.17) is 19.4 Å². The molecule has 4 nitrogen and oxygen atoms in total. The fourth-order valence-electron chi connectivity index (χ4n) is 5.68. The fraction of sp³-hybridized carbons (Fsp3) is 0. The van der Waals surface area contributed by atoms with Crippen molar-refractivity contribution in [1.82, 2.24) is 15.0 Å². The molecule has 0 aliphatic heterocycles. The van der Waals surface area contributed by atoms with E-state index in [9.17, 15) is 0 Å². The van der Waals surface area contributed by atoms with Crippen molar-refractivity contribution in [2.75, 3.05) is 0 Å². The Labute approximate surface area is 262 Å². The normalized spacial score (nSPS) is 11.3. The molecule has 5 heteroatoms. The van der Waals surface area contributed by atoms with Crippen LogP contribution in [0.1, 0.15) is 0 Å². The molecule has 0 aliphatic rings. The molecule has 2 heterocycles. The Kier molecular flexibility index (Phi) is 6.58. The van der Waals surface area contributed by atoms with E-state index in [1.807, 2.05) is 36.4 Å². The SMILES string of the molecule is Brc1ccc2oc3cccc(-c4nc(-c5cccc(-c6ccccc6)c5)nc(-c5cccc(-c6ccccc6)c5)n4)c3c2c1. The molecular weight excluding hydrogens is 606 g/mol. The molecule has 0 saturated heterocycles. The predicted octanol–water partition coefficient (Wildman–Crippen LogP) is 10.9. The van der Waals surface area contributed by atoms with Gasteiger partial charge in [0.15, 0.2) is 17.5 Å². The van der Waals surface area contributed by atoms with Crippen LogP contribution >= 0.6 is 15.9 Å². The molecule has 0 bridgehead atoms. The Balaban J connectivity index is 1.36. The zero-order valence-corrected chi connectivity index (χ0v) is 25.1. The van der Waals surface area contributed by atoms with E-state index in [1.54, 1.807) is 0 Å². The van der Waals surface area contributed by atoms with E-state index < -0.39 is 0 Å². The van der Waals surface area contributed by atoms with Crippen molar-refractivity contribution >= 4 is 37.9 Å². The Morgan fingerprint density at radius 2 is 0.932 bits per heavy atom. The van der Waals surface area contributed by atoms with Crippen LogP contribution in [0.3, 0.4) is 0 Å². The van der Waals surface area contributed by atoms with Gasteiger partial charge in [0, 0.05) is 31.9 Å². The Morgan fingerprint density at radius 3 is 1.55 bits per heavy atom. The Bertz CT molecular complexity index is 2190. The number of furan rings is 1. The molecule has 0 spiro atoms. The van der Waals surface area contributed by atoms with E-state index >= 15 is 0 Å². The Morgan fingerprint density at radius 1 is 0.409 bits per heavy atom. The van der Waals surface area contributed by atoms with Gasteiger partial charge in [-0.1, -0.05) is 125 Å². The zero-order valence-electron chi connectivity index (χ0n) is 23.5. The van der Waals surface area contributed by atoms with Gasteiger partial charge in [0.2, 0.25) is 0 Å². The summed E-state index contributed by atoms with van der Waals surface area (Å²) in [6.45, 7) is 0. The maximum atomic E-state index is 6.24. The molecule has 6 aromatic carbocycles. The van der Waals surface area contributed by atoms with Gasteiger partial charge in [0.25, 0.3) is 0 Å². The van der Waals surface area contributed by atoms with Crippen LogP contribution in [-0.4, -0.2) is 15.0 Å². The van der Waals surface area contributed by atoms with Crippen molar-refractivity contribution in [2.24, 2.45) is 0 Å². The lowest BCUT2D eigenvalue weighted by Crippen LogP contribution is -2.00. The lowest BCUT2D eigenvalue weighted by atomic mass is 10.0. The van der Waals surface area contributed by atoms with E-state index in [0.29, 0.717) is 17.5 Å². The van der Waals surface area contributed by atoms with Crippen molar-refractivity contribution in [3.8, 4) is 56.4 Å². The van der Waals surface area contributed by atoms with Crippen molar-refractivity contribution in [1.29, 1.82) is 0 Å². The van der Waals surface area contributed by atoms with Crippen LogP contribution < -0.4 is 0 Å². The smallest absolute Gasteiger partial charge is 0.164 e. The number of halogens is 1. The van der Waals surface area contributed by atoms with Crippen molar-refractivity contribution in [3.05, 3.63) is 150 Å². The number of nitrogens with zero attached hydrogens (tertiary/aromatic N) is 3. The number of rotatable bonds is 5. The number of hydrogen-bond donors (Lipinski definition) is 0. The molecule has 44 heavy (non-hydrogen) atoms.